The molecule has 2 amide bonds. The summed E-state index contributed by atoms with van der Waals surface area (Å²) in [4.78, 5) is 60.5. The summed E-state index contributed by atoms with van der Waals surface area (Å²) in [5.41, 5.74) is 6.85. The summed E-state index contributed by atoms with van der Waals surface area (Å²) in [6.45, 7) is 12.5. The van der Waals surface area contributed by atoms with Crippen LogP contribution in [-0.4, -0.2) is 34.8 Å². The summed E-state index contributed by atoms with van der Waals surface area (Å²) in [5, 5.41) is 10.7. The van der Waals surface area contributed by atoms with Gasteiger partial charge >= 0.3 is 378 Å². The zero-order valence-electron chi connectivity index (χ0n) is 42.6. The van der Waals surface area contributed by atoms with Crippen molar-refractivity contribution in [2.24, 2.45) is 17.8 Å². The quantitative estimate of drug-likeness (QED) is 0.0342. The molecule has 8 aromatic carbocycles. The molecule has 2 aliphatic carbocycles. The van der Waals surface area contributed by atoms with Crippen LogP contribution in [0.2, 0.25) is 0 Å². The molecule has 11 rings (SSSR count). The molecule has 3 aliphatic rings. The Kier molecular flexibility index (Phi) is 13.0. The number of ketones is 2. The normalized spacial score (nSPS) is 17.3. The number of allylic oxidation sites excluding steroid dienone is 7. The fourth-order valence-corrected chi connectivity index (χ4v) is 18.0. The summed E-state index contributed by atoms with van der Waals surface area (Å²) in [5.74, 6) is 6.10. The topological polar surface area (TPSA) is 71.5 Å². The van der Waals surface area contributed by atoms with Crippen molar-refractivity contribution in [1.29, 1.82) is 0 Å². The first kappa shape index (κ1) is 49.1. The first-order valence-corrected chi connectivity index (χ1v) is 28.9. The molecule has 74 heavy (non-hydrogen) atoms. The Labute approximate surface area is 443 Å². The molecule has 1 atom stereocenters. The molecule has 0 bridgehead atoms. The van der Waals surface area contributed by atoms with Gasteiger partial charge in [0.15, 0.2) is 0 Å². The summed E-state index contributed by atoms with van der Waals surface area (Å²) >= 11 is 1.73. The fraction of sp³-hybridized carbons (Fsp3) is 0.209. The van der Waals surface area contributed by atoms with Gasteiger partial charge in [0, 0.05) is 0 Å². The molecule has 1 aliphatic heterocycles. The Hall–Kier alpha value is -7.09. The van der Waals surface area contributed by atoms with E-state index in [0.29, 0.717) is 45.0 Å². The Bertz CT molecular complexity index is 3840. The molecule has 1 heterocycles. The maximum absolute atomic E-state index is 15.1. The van der Waals surface area contributed by atoms with Crippen LogP contribution in [-0.2, 0) is 17.9 Å². The van der Waals surface area contributed by atoms with Crippen LogP contribution < -0.4 is 15.9 Å². The third-order valence-corrected chi connectivity index (χ3v) is 20.6. The van der Waals surface area contributed by atoms with Gasteiger partial charge < -0.3 is 0 Å². The number of benzene rings is 8. The third-order valence-electron chi connectivity index (χ3n) is 15.3. The van der Waals surface area contributed by atoms with E-state index in [1.807, 2.05) is 83.2 Å². The molecule has 1 saturated carbocycles. The first-order valence-electron chi connectivity index (χ1n) is 25.8. The Morgan fingerprint density at radius 2 is 1.19 bits per heavy atom. The Morgan fingerprint density at radius 3 is 1.77 bits per heavy atom. The second-order valence-corrected chi connectivity index (χ2v) is 24.7. The van der Waals surface area contributed by atoms with E-state index in [9.17, 15) is 14.4 Å². The summed E-state index contributed by atoms with van der Waals surface area (Å²) < 4.78 is 3.85. The van der Waals surface area contributed by atoms with Crippen LogP contribution in [0.25, 0.3) is 49.2 Å². The van der Waals surface area contributed by atoms with E-state index in [0.717, 1.165) is 68.0 Å². The van der Waals surface area contributed by atoms with E-state index in [2.05, 4.69) is 126 Å². The van der Waals surface area contributed by atoms with Crippen LogP contribution in [0.5, 0.6) is 0 Å². The van der Waals surface area contributed by atoms with E-state index in [1.54, 1.807) is 17.9 Å². The van der Waals surface area contributed by atoms with E-state index < -0.39 is 13.2 Å². The molecule has 7 heteroatoms. The van der Waals surface area contributed by atoms with Crippen molar-refractivity contribution in [1.82, 2.24) is 4.90 Å². The minimum absolute atomic E-state index is 0.0403. The second kappa shape index (κ2) is 19.6. The number of amides is 2. The van der Waals surface area contributed by atoms with Crippen molar-refractivity contribution < 1.29 is 37.1 Å². The number of rotatable bonds is 10. The molecule has 0 aromatic heterocycles. The van der Waals surface area contributed by atoms with Crippen molar-refractivity contribution in [3.8, 4) is 16.2 Å². The van der Waals surface area contributed by atoms with Crippen molar-refractivity contribution in [2.75, 3.05) is 6.54 Å². The van der Waals surface area contributed by atoms with Crippen LogP contribution >= 0.6 is 7.26 Å². The predicted octanol–water partition coefficient (Wildman–Crippen LogP) is 14.2. The molecular weight excluding hydrogens is 1100 g/mol. The fourth-order valence-electron chi connectivity index (χ4n) is 12.2. The van der Waals surface area contributed by atoms with Gasteiger partial charge in [-0.05, 0) is 19.3 Å². The van der Waals surface area contributed by atoms with Crippen molar-refractivity contribution in [3.63, 3.8) is 0 Å². The molecule has 0 saturated heterocycles. The molecule has 8 aromatic rings. The zero-order valence-corrected chi connectivity index (χ0v) is 46.0. The summed E-state index contributed by atoms with van der Waals surface area (Å²) in [7, 11) is -2.72. The molecule has 5 nitrogen and oxygen atoms in total. The molecule has 0 spiro atoms. The number of fused-ring (bicyclic) bond motifs is 2. The minimum atomic E-state index is -2.72. The molecule has 0 N–H and O–H groups in total. The molecule has 1 fully saturated rings. The Morgan fingerprint density at radius 1 is 0.635 bits per heavy atom. The Balaban J connectivity index is 1.32. The van der Waals surface area contributed by atoms with Gasteiger partial charge in [0.1, 0.15) is 0 Å². The van der Waals surface area contributed by atoms with Crippen LogP contribution in [0, 0.1) is 34.0 Å². The van der Waals surface area contributed by atoms with Gasteiger partial charge in [-0.2, -0.15) is 0 Å². The van der Waals surface area contributed by atoms with Crippen LogP contribution in [0.1, 0.15) is 120 Å². The standard InChI is InChI=1S/C67H56NO4P.Os/c1-8-20-46-37-55-60-53(64(69)57(65(55)70)35-40(3)4)33-31-51-59-47(38-56-61-54(66(71)68(67(56)72)39-41(5)6)34-32-52(63(59)61)58(46)62(51)60)30-29-44(36-45-22-19-21-43(45)9-2)42(7)73(48-23-13-10-14-24-48,49-25-15-11-16-26-49)50-27-17-12-18-28-50;/h8-18,20,23-28,31-34,36-38,40-41,57H,19,21-22,35,39H2,1-6H3;/q+1;/b20-8+,43-9?,44-42?,45-36?;. The average molecular weight is 1160 g/mol. The molecular formula is C67H56NO4OsP+. The SMILES string of the molecule is CC=C1CCCC1=CC(C#Cc1cc2c3c(ccc4c5c(/C=C/C)cc6c7c(ccc(c1c34)c75)C(=O)C(CC(C)C)C6=O)C(=O)N(CC(C)C)C2=O)=C([C]#[Os])[P+](c1ccccc1)(c1ccccc1)c1ccccc1. The number of hydrogen-bond acceptors (Lipinski definition) is 4. The van der Waals surface area contributed by atoms with Crippen molar-refractivity contribution >= 4 is 95.7 Å². The van der Waals surface area contributed by atoms with E-state index in [-0.39, 0.29) is 41.8 Å². The molecule has 365 valence electrons. The van der Waals surface area contributed by atoms with Gasteiger partial charge in [0.2, 0.25) is 0 Å². The van der Waals surface area contributed by atoms with Gasteiger partial charge in [0.25, 0.3) is 0 Å². The second-order valence-electron chi connectivity index (χ2n) is 20.7. The van der Waals surface area contributed by atoms with E-state index in [1.165, 1.54) is 32.0 Å². The number of carbonyl (C=O) groups excluding carboxylic acids is 4. The number of carbonyl (C=O) groups is 4. The van der Waals surface area contributed by atoms with Crippen molar-refractivity contribution in [3.05, 3.63) is 201 Å². The third kappa shape index (κ3) is 7.75. The molecule has 1 unspecified atom stereocenters. The van der Waals surface area contributed by atoms with Crippen molar-refractivity contribution in [2.45, 2.75) is 67.2 Å². The van der Waals surface area contributed by atoms with Crippen LogP contribution in [0.3, 0.4) is 0 Å². The van der Waals surface area contributed by atoms with Gasteiger partial charge in [-0.1, -0.05) is 33.8 Å². The summed E-state index contributed by atoms with van der Waals surface area (Å²) in [6.07, 6.45) is 11.9. The summed E-state index contributed by atoms with van der Waals surface area (Å²) in [6, 6.07) is 44.0. The van der Waals surface area contributed by atoms with E-state index in [4.69, 9.17) is 0 Å². The van der Waals surface area contributed by atoms with E-state index >= 15 is 4.79 Å². The van der Waals surface area contributed by atoms with Crippen LogP contribution in [0.4, 0.5) is 0 Å². The first-order chi connectivity index (χ1) is 35.9. The predicted molar refractivity (Wildman–Crippen MR) is 303 cm³/mol. The zero-order chi connectivity index (χ0) is 51.6. The number of hydrogen-bond donors (Lipinski definition) is 0. The molecule has 0 radical (unpaired) electrons. The van der Waals surface area contributed by atoms with Gasteiger partial charge in [-0.15, -0.1) is 0 Å². The monoisotopic (exact) mass is 1160 g/mol. The van der Waals surface area contributed by atoms with Gasteiger partial charge in [-0.3, -0.25) is 9.59 Å². The number of nitrogens with zero attached hydrogens (tertiary/aromatic N) is 1. The average Bonchev–Trinajstić information content (AvgIpc) is 3.92. The maximum atomic E-state index is 15.1. The van der Waals surface area contributed by atoms with Crippen LogP contribution in [0.15, 0.2) is 168 Å². The number of imide groups is 1. The van der Waals surface area contributed by atoms with Gasteiger partial charge in [-0.25, -0.2) is 0 Å². The van der Waals surface area contributed by atoms with Gasteiger partial charge in [0.05, 0.1) is 5.92 Å². The number of Topliss-reactive ketones (excluding diaryl/α,β-unsaturated/α-hetero) is 2.